The van der Waals surface area contributed by atoms with Gasteiger partial charge in [-0.05, 0) is 13.8 Å². The van der Waals surface area contributed by atoms with Crippen molar-refractivity contribution in [2.24, 2.45) is 0 Å². The Bertz CT molecular complexity index is 332. The maximum absolute atomic E-state index is 10.7. The third-order valence-corrected chi connectivity index (χ3v) is 3.23. The van der Waals surface area contributed by atoms with Gasteiger partial charge < -0.3 is 19.7 Å². The molecule has 0 aromatic carbocycles. The molecule has 22 heavy (non-hydrogen) atoms. The van der Waals surface area contributed by atoms with Crippen molar-refractivity contribution >= 4 is 54.0 Å². The molecule has 0 unspecified atom stereocenters. The highest BCUT2D eigenvalue weighted by Crippen LogP contribution is 2.00. The normalized spacial score (nSPS) is 8.45. The summed E-state index contributed by atoms with van der Waals surface area (Å²) in [7, 11) is 0. The molecule has 0 aliphatic heterocycles. The summed E-state index contributed by atoms with van der Waals surface area (Å²) in [6.45, 7) is 5.66. The van der Waals surface area contributed by atoms with Crippen LogP contribution in [0.25, 0.3) is 0 Å². The summed E-state index contributed by atoms with van der Waals surface area (Å²) in [5, 5.41) is 16.0. The van der Waals surface area contributed by atoms with Gasteiger partial charge in [-0.15, -0.1) is 23.5 Å². The second-order valence-electron chi connectivity index (χ2n) is 3.28. The van der Waals surface area contributed by atoms with E-state index in [0.717, 1.165) is 11.8 Å². The first-order valence-electron chi connectivity index (χ1n) is 5.82. The van der Waals surface area contributed by atoms with Crippen LogP contribution >= 0.6 is 23.5 Å². The van der Waals surface area contributed by atoms with Gasteiger partial charge in [0, 0.05) is 0 Å². The van der Waals surface area contributed by atoms with Crippen molar-refractivity contribution in [3.05, 3.63) is 0 Å². The van der Waals surface area contributed by atoms with Crippen LogP contribution in [-0.4, -0.2) is 70.3 Å². The Balaban J connectivity index is -0.000000299. The largest absolute Gasteiger partial charge is 0.481 e. The van der Waals surface area contributed by atoms with Crippen LogP contribution in [-0.2, 0) is 28.7 Å². The van der Waals surface area contributed by atoms with Crippen LogP contribution in [0.15, 0.2) is 0 Å². The van der Waals surface area contributed by atoms with Gasteiger partial charge in [0.2, 0.25) is 0 Å². The van der Waals surface area contributed by atoms with Crippen molar-refractivity contribution in [3.63, 3.8) is 0 Å². The maximum atomic E-state index is 10.7. The van der Waals surface area contributed by atoms with Crippen molar-refractivity contribution in [1.29, 1.82) is 0 Å². The zero-order chi connectivity index (χ0) is 18.0. The lowest BCUT2D eigenvalue weighted by molar-refractivity contribution is -0.140. The summed E-state index contributed by atoms with van der Waals surface area (Å²) in [6, 6.07) is 0. The van der Waals surface area contributed by atoms with Crippen molar-refractivity contribution in [2.75, 3.05) is 29.6 Å². The highest BCUT2D eigenvalue weighted by molar-refractivity contribution is 8.00. The van der Waals surface area contributed by atoms with E-state index in [1.54, 1.807) is 6.92 Å². The number of ketones is 1. The summed E-state index contributed by atoms with van der Waals surface area (Å²) < 4.78 is 4.65. The Labute approximate surface area is 137 Å². The minimum atomic E-state index is -0.985. The van der Waals surface area contributed by atoms with Crippen molar-refractivity contribution in [2.45, 2.75) is 13.8 Å². The number of thioether (sulfide) groups is 2. The molecule has 0 amide bonds. The zero-order valence-corrected chi connectivity index (χ0v) is 14.0. The Morgan fingerprint density at radius 1 is 0.909 bits per heavy atom. The fourth-order valence-electron chi connectivity index (χ4n) is 0.706. The molecule has 0 bridgehead atoms. The topological polar surface area (TPSA) is 135 Å². The lowest BCUT2D eigenvalue weighted by Gasteiger charge is -1.98. The molecule has 0 radical (unpaired) electrons. The molecule has 0 aliphatic rings. The molecule has 2 N–H and O–H groups in total. The predicted octanol–water partition coefficient (Wildman–Crippen LogP) is 0.576. The molecule has 8 nitrogen and oxygen atoms in total. The van der Waals surface area contributed by atoms with E-state index >= 15 is 0 Å². The van der Waals surface area contributed by atoms with Crippen LogP contribution in [0.2, 0.25) is 0 Å². The first-order chi connectivity index (χ1) is 10.3. The van der Waals surface area contributed by atoms with Gasteiger partial charge in [0.05, 0.1) is 29.6 Å². The summed E-state index contributed by atoms with van der Waals surface area (Å²) in [6.07, 6.45) is 0. The molecular formula is C12H20O8S2. The molecule has 0 aliphatic carbocycles. The minimum absolute atomic E-state index is 0.0827. The van der Waals surface area contributed by atoms with Gasteiger partial charge in [0.25, 0.3) is 0 Å². The van der Waals surface area contributed by atoms with Crippen LogP contribution in [0.5, 0.6) is 0 Å². The van der Waals surface area contributed by atoms with Gasteiger partial charge in [-0.3, -0.25) is 19.2 Å². The molecular weight excluding hydrogens is 336 g/mol. The average Bonchev–Trinajstić information content (AvgIpc) is 2.40. The molecule has 0 spiro atoms. The molecule has 0 atom stereocenters. The first-order valence-corrected chi connectivity index (χ1v) is 8.13. The van der Waals surface area contributed by atoms with Crippen molar-refractivity contribution in [3.8, 4) is 0 Å². The Morgan fingerprint density at radius 2 is 1.32 bits per heavy atom. The summed E-state index contributed by atoms with van der Waals surface area (Å²) in [5.74, 6) is -1.77. The van der Waals surface area contributed by atoms with E-state index in [0.29, 0.717) is 12.4 Å². The third kappa shape index (κ3) is 31.1. The standard InChI is InChI=1S/C7H12O3S.C4H6O4S.CH2O/c1-3-10-7(9)5-11-4-6(2)8;5-3(6)1-9-2-4(7)8;1-2/h3-5H2,1-2H3;1-2H2,(H,5,6)(H,7,8);1H2. The van der Waals surface area contributed by atoms with Crippen LogP contribution < -0.4 is 0 Å². The fourth-order valence-corrected chi connectivity index (χ4v) is 1.80. The van der Waals surface area contributed by atoms with E-state index in [1.807, 2.05) is 6.79 Å². The number of ether oxygens (including phenoxy) is 1. The van der Waals surface area contributed by atoms with Crippen LogP contribution in [0.3, 0.4) is 0 Å². The van der Waals surface area contributed by atoms with Crippen LogP contribution in [0.4, 0.5) is 0 Å². The number of aliphatic carboxylic acids is 2. The van der Waals surface area contributed by atoms with Crippen molar-refractivity contribution in [1.82, 2.24) is 0 Å². The average molecular weight is 356 g/mol. The molecule has 10 heteroatoms. The van der Waals surface area contributed by atoms with Gasteiger partial charge in [0.15, 0.2) is 0 Å². The van der Waals surface area contributed by atoms with E-state index in [9.17, 15) is 19.2 Å². The Hall–Kier alpha value is -1.55. The third-order valence-electron chi connectivity index (χ3n) is 1.28. The molecule has 0 aromatic rings. The minimum Gasteiger partial charge on any atom is -0.481 e. The number of Topliss-reactive ketones (excluding diaryl/α,β-unsaturated/α-hetero) is 1. The molecule has 0 fully saturated rings. The number of esters is 1. The number of carboxylic acids is 2. The maximum Gasteiger partial charge on any atom is 0.315 e. The van der Waals surface area contributed by atoms with Gasteiger partial charge in [-0.1, -0.05) is 0 Å². The van der Waals surface area contributed by atoms with Crippen LogP contribution in [0.1, 0.15) is 13.8 Å². The smallest absolute Gasteiger partial charge is 0.315 e. The Morgan fingerprint density at radius 3 is 1.64 bits per heavy atom. The SMILES string of the molecule is C=O.CCOC(=O)CSCC(C)=O.O=C(O)CSCC(=O)O. The monoisotopic (exact) mass is 356 g/mol. The van der Waals surface area contributed by atoms with E-state index in [-0.39, 0.29) is 29.0 Å². The van der Waals surface area contributed by atoms with E-state index < -0.39 is 11.9 Å². The van der Waals surface area contributed by atoms with Crippen molar-refractivity contribution < 1.29 is 38.9 Å². The van der Waals surface area contributed by atoms with Crippen LogP contribution in [0, 0.1) is 0 Å². The predicted molar refractivity (Wildman–Crippen MR) is 84.4 cm³/mol. The van der Waals surface area contributed by atoms with Gasteiger partial charge in [0.1, 0.15) is 12.6 Å². The number of hydrogen-bond acceptors (Lipinski definition) is 8. The summed E-state index contributed by atoms with van der Waals surface area (Å²) in [4.78, 5) is 48.6. The number of carbonyl (C=O) groups is 5. The highest BCUT2D eigenvalue weighted by Gasteiger charge is 2.02. The molecule has 0 aromatic heterocycles. The molecule has 0 saturated carbocycles. The molecule has 128 valence electrons. The van der Waals surface area contributed by atoms with Gasteiger partial charge in [-0.2, -0.15) is 0 Å². The summed E-state index contributed by atoms with van der Waals surface area (Å²) in [5.41, 5.74) is 0. The van der Waals surface area contributed by atoms with Gasteiger partial charge in [-0.25, -0.2) is 0 Å². The second-order valence-corrected chi connectivity index (χ2v) is 5.25. The summed E-state index contributed by atoms with van der Waals surface area (Å²) >= 11 is 2.16. The first kappa shape index (κ1) is 25.4. The zero-order valence-electron chi connectivity index (χ0n) is 12.4. The lowest BCUT2D eigenvalue weighted by atomic mass is 10.5. The lowest BCUT2D eigenvalue weighted by Crippen LogP contribution is -2.08. The Kier molecular flexibility index (Phi) is 22.5. The molecule has 0 heterocycles. The fraction of sp³-hybridized carbons (Fsp3) is 0.583. The van der Waals surface area contributed by atoms with E-state index in [1.165, 1.54) is 18.7 Å². The number of carboxylic acid groups (broad SMARTS) is 2. The number of carbonyl (C=O) groups excluding carboxylic acids is 3. The molecule has 0 rings (SSSR count). The number of hydrogen-bond donors (Lipinski definition) is 2. The highest BCUT2D eigenvalue weighted by atomic mass is 32.2. The van der Waals surface area contributed by atoms with Gasteiger partial charge >= 0.3 is 17.9 Å². The van der Waals surface area contributed by atoms with E-state index in [4.69, 9.17) is 15.0 Å². The molecule has 0 saturated heterocycles. The van der Waals surface area contributed by atoms with E-state index in [2.05, 4.69) is 4.74 Å². The second kappa shape index (κ2) is 19.4. The quantitative estimate of drug-likeness (QED) is 0.564. The number of rotatable bonds is 9.